The van der Waals surface area contributed by atoms with Crippen LogP contribution in [0.2, 0.25) is 12.1 Å². The molecule has 0 N–H and O–H groups in total. The highest BCUT2D eigenvalue weighted by Crippen LogP contribution is 2.40. The zero-order chi connectivity index (χ0) is 31.3. The van der Waals surface area contributed by atoms with Crippen LogP contribution in [0, 0.1) is 0 Å². The van der Waals surface area contributed by atoms with Crippen molar-refractivity contribution in [2.24, 2.45) is 0 Å². The van der Waals surface area contributed by atoms with Crippen LogP contribution in [0.5, 0.6) is 0 Å². The lowest BCUT2D eigenvalue weighted by atomic mass is 9.76. The standard InChI is InChI=1S/C36H56B2O4Si/c1-11-13-15-17-23-43(24-18-16-14-12-2)31-21-19-27(37-39-33(3,4)34(5,6)40-37)25-29(31)30-26-28(20-22-32(30)43)38-41-35(7,8)36(9,10)42-38/h19-22,25-26H,11-18,23-24H2,1-10H3. The van der Waals surface area contributed by atoms with E-state index in [0.29, 0.717) is 0 Å². The molecule has 234 valence electrons. The van der Waals surface area contributed by atoms with Gasteiger partial charge < -0.3 is 18.6 Å². The molecular formula is C36H56B2O4Si. The Morgan fingerprint density at radius 1 is 0.512 bits per heavy atom. The van der Waals surface area contributed by atoms with Crippen molar-refractivity contribution in [2.75, 3.05) is 0 Å². The van der Waals surface area contributed by atoms with Gasteiger partial charge >= 0.3 is 14.2 Å². The number of hydrogen-bond donors (Lipinski definition) is 0. The molecular weight excluding hydrogens is 546 g/mol. The topological polar surface area (TPSA) is 36.9 Å². The van der Waals surface area contributed by atoms with Gasteiger partial charge in [0.05, 0.1) is 22.4 Å². The molecule has 3 heterocycles. The van der Waals surface area contributed by atoms with Crippen molar-refractivity contribution in [1.82, 2.24) is 0 Å². The summed E-state index contributed by atoms with van der Waals surface area (Å²) < 4.78 is 26.1. The number of rotatable bonds is 12. The van der Waals surface area contributed by atoms with Gasteiger partial charge in [0.25, 0.3) is 0 Å². The number of hydrogen-bond acceptors (Lipinski definition) is 4. The van der Waals surface area contributed by atoms with Gasteiger partial charge in [-0.2, -0.15) is 0 Å². The molecule has 0 aliphatic carbocycles. The third kappa shape index (κ3) is 5.99. The minimum Gasteiger partial charge on any atom is -0.399 e. The van der Waals surface area contributed by atoms with Crippen LogP contribution in [0.15, 0.2) is 36.4 Å². The first kappa shape index (κ1) is 33.0. The van der Waals surface area contributed by atoms with Crippen LogP contribution in [0.1, 0.15) is 121 Å². The smallest absolute Gasteiger partial charge is 0.399 e. The summed E-state index contributed by atoms with van der Waals surface area (Å²) in [4.78, 5) is 0. The fourth-order valence-electron chi connectivity index (χ4n) is 7.17. The van der Waals surface area contributed by atoms with E-state index in [1.165, 1.54) is 74.6 Å². The van der Waals surface area contributed by atoms with Gasteiger partial charge in [-0.05, 0) is 99.9 Å². The fraction of sp³-hybridized carbons (Fsp3) is 0.667. The molecule has 0 radical (unpaired) electrons. The van der Waals surface area contributed by atoms with Gasteiger partial charge in [-0.3, -0.25) is 0 Å². The summed E-state index contributed by atoms with van der Waals surface area (Å²) in [6, 6.07) is 17.0. The molecule has 2 fully saturated rings. The van der Waals surface area contributed by atoms with Crippen LogP contribution in [-0.4, -0.2) is 44.7 Å². The van der Waals surface area contributed by atoms with Gasteiger partial charge in [-0.1, -0.05) is 102 Å². The minimum absolute atomic E-state index is 0.365. The van der Waals surface area contributed by atoms with Crippen LogP contribution in [0.25, 0.3) is 11.1 Å². The van der Waals surface area contributed by atoms with Crippen molar-refractivity contribution < 1.29 is 18.6 Å². The molecule has 43 heavy (non-hydrogen) atoms. The average molecular weight is 603 g/mol. The lowest BCUT2D eigenvalue weighted by Crippen LogP contribution is -2.55. The minimum atomic E-state index is -1.98. The average Bonchev–Trinajstić information content (AvgIpc) is 3.43. The van der Waals surface area contributed by atoms with Crippen molar-refractivity contribution >= 4 is 43.6 Å². The van der Waals surface area contributed by atoms with E-state index in [4.69, 9.17) is 18.6 Å². The second-order valence-electron chi connectivity index (χ2n) is 15.5. The Morgan fingerprint density at radius 2 is 0.860 bits per heavy atom. The summed E-state index contributed by atoms with van der Waals surface area (Å²) in [6.07, 6.45) is 10.4. The second kappa shape index (κ2) is 12.1. The molecule has 4 nitrogen and oxygen atoms in total. The van der Waals surface area contributed by atoms with Crippen molar-refractivity contribution in [1.29, 1.82) is 0 Å². The van der Waals surface area contributed by atoms with Crippen molar-refractivity contribution in [3.05, 3.63) is 36.4 Å². The Bertz CT molecular complexity index is 1170. The van der Waals surface area contributed by atoms with E-state index in [1.807, 2.05) is 0 Å². The first-order valence-corrected chi connectivity index (χ1v) is 19.6. The maximum atomic E-state index is 6.53. The second-order valence-corrected chi connectivity index (χ2v) is 19.7. The number of unbranched alkanes of at least 4 members (excludes halogenated alkanes) is 6. The monoisotopic (exact) mass is 602 g/mol. The summed E-state index contributed by atoms with van der Waals surface area (Å²) in [5, 5.41) is 3.23. The Kier molecular flexibility index (Phi) is 9.28. The van der Waals surface area contributed by atoms with Gasteiger partial charge in [0, 0.05) is 0 Å². The van der Waals surface area contributed by atoms with E-state index in [0.717, 1.165) is 10.9 Å². The molecule has 3 aliphatic rings. The van der Waals surface area contributed by atoms with E-state index >= 15 is 0 Å². The third-order valence-electron chi connectivity index (χ3n) is 11.4. The molecule has 0 saturated carbocycles. The Morgan fingerprint density at radius 3 is 1.19 bits per heavy atom. The Hall–Kier alpha value is -1.37. The molecule has 0 spiro atoms. The predicted molar refractivity (Wildman–Crippen MR) is 186 cm³/mol. The molecule has 2 aromatic rings. The maximum Gasteiger partial charge on any atom is 0.494 e. The summed E-state index contributed by atoms with van der Waals surface area (Å²) in [5.41, 5.74) is 3.55. The van der Waals surface area contributed by atoms with E-state index in [-0.39, 0.29) is 36.6 Å². The highest BCUT2D eigenvalue weighted by Gasteiger charge is 2.54. The molecule has 2 saturated heterocycles. The normalized spacial score (nSPS) is 22.2. The maximum absolute atomic E-state index is 6.53. The SMILES string of the molecule is CCCCCC[Si]1(CCCCCC)c2ccc(B3OC(C)(C)C(C)(C)O3)cc2-c2cc(B3OC(C)(C)C(C)(C)O3)ccc21. The van der Waals surface area contributed by atoms with E-state index in [1.54, 1.807) is 10.4 Å². The summed E-state index contributed by atoms with van der Waals surface area (Å²) in [6.45, 7) is 21.7. The molecule has 0 bridgehead atoms. The molecule has 7 heteroatoms. The van der Waals surface area contributed by atoms with Crippen molar-refractivity contribution in [3.63, 3.8) is 0 Å². The fourth-order valence-corrected chi connectivity index (χ4v) is 12.7. The Balaban J connectivity index is 1.60. The number of benzene rings is 2. The zero-order valence-corrected chi connectivity index (χ0v) is 29.8. The summed E-state index contributed by atoms with van der Waals surface area (Å²) >= 11 is 0. The predicted octanol–water partition coefficient (Wildman–Crippen LogP) is 6.99. The molecule has 0 atom stereocenters. The lowest BCUT2D eigenvalue weighted by molar-refractivity contribution is 0.00578. The zero-order valence-electron chi connectivity index (χ0n) is 28.8. The van der Waals surface area contributed by atoms with Gasteiger partial charge in [0.15, 0.2) is 0 Å². The van der Waals surface area contributed by atoms with Gasteiger partial charge in [0.2, 0.25) is 0 Å². The molecule has 5 rings (SSSR count). The third-order valence-corrected chi connectivity index (χ3v) is 16.7. The largest absolute Gasteiger partial charge is 0.494 e. The molecule has 0 unspecified atom stereocenters. The van der Waals surface area contributed by atoms with E-state index in [2.05, 4.69) is 106 Å². The highest BCUT2D eigenvalue weighted by molar-refractivity contribution is 7.05. The van der Waals surface area contributed by atoms with Crippen molar-refractivity contribution in [2.45, 2.75) is 155 Å². The summed E-state index contributed by atoms with van der Waals surface area (Å²) in [7, 11) is -2.71. The number of fused-ring (bicyclic) bond motifs is 3. The first-order valence-electron chi connectivity index (χ1n) is 17.2. The van der Waals surface area contributed by atoms with Crippen LogP contribution >= 0.6 is 0 Å². The van der Waals surface area contributed by atoms with Gasteiger partial charge in [-0.25, -0.2) is 0 Å². The van der Waals surface area contributed by atoms with Gasteiger partial charge in [-0.15, -0.1) is 0 Å². The molecule has 0 amide bonds. The lowest BCUT2D eigenvalue weighted by Gasteiger charge is -2.32. The molecule has 2 aromatic carbocycles. The van der Waals surface area contributed by atoms with Crippen LogP contribution in [0.3, 0.4) is 0 Å². The van der Waals surface area contributed by atoms with Crippen LogP contribution in [0.4, 0.5) is 0 Å². The Labute approximate surface area is 264 Å². The van der Waals surface area contributed by atoms with E-state index in [9.17, 15) is 0 Å². The highest BCUT2D eigenvalue weighted by atomic mass is 28.3. The molecule has 3 aliphatic heterocycles. The molecule has 0 aromatic heterocycles. The quantitative estimate of drug-likeness (QED) is 0.194. The summed E-state index contributed by atoms with van der Waals surface area (Å²) in [5.74, 6) is 0. The first-order chi connectivity index (χ1) is 20.2. The van der Waals surface area contributed by atoms with Crippen molar-refractivity contribution in [3.8, 4) is 11.1 Å². The van der Waals surface area contributed by atoms with Gasteiger partial charge in [0.1, 0.15) is 8.07 Å². The van der Waals surface area contributed by atoms with Crippen LogP contribution < -0.4 is 21.3 Å². The van der Waals surface area contributed by atoms with E-state index < -0.39 is 8.07 Å². The van der Waals surface area contributed by atoms with Crippen LogP contribution in [-0.2, 0) is 18.6 Å².